The van der Waals surface area contributed by atoms with E-state index in [9.17, 15) is 0 Å². The summed E-state index contributed by atoms with van der Waals surface area (Å²) in [6.45, 7) is 6.15. The number of rotatable bonds is 5. The van der Waals surface area contributed by atoms with E-state index >= 15 is 0 Å². The summed E-state index contributed by atoms with van der Waals surface area (Å²) in [4.78, 5) is 9.79. The molecule has 20 heavy (non-hydrogen) atoms. The van der Waals surface area contributed by atoms with Gasteiger partial charge >= 0.3 is 0 Å². The second-order valence-corrected chi connectivity index (χ2v) is 6.65. The Bertz CT molecular complexity index is 435. The van der Waals surface area contributed by atoms with E-state index in [1.807, 2.05) is 20.2 Å². The highest BCUT2D eigenvalue weighted by atomic mass is 127. The number of nitrogens with one attached hydrogen (secondary N) is 2. The molecule has 114 valence electrons. The van der Waals surface area contributed by atoms with Gasteiger partial charge in [-0.1, -0.05) is 13.3 Å². The maximum atomic E-state index is 4.28. The van der Waals surface area contributed by atoms with Crippen LogP contribution in [0.25, 0.3) is 0 Å². The molecule has 1 aromatic rings. The first-order valence-electron chi connectivity index (χ1n) is 7.03. The van der Waals surface area contributed by atoms with E-state index in [1.54, 1.807) is 11.3 Å². The normalized spacial score (nSPS) is 17.1. The van der Waals surface area contributed by atoms with Crippen LogP contribution in [-0.2, 0) is 6.54 Å². The molecule has 0 aliphatic heterocycles. The van der Waals surface area contributed by atoms with Gasteiger partial charge in [0.05, 0.1) is 11.6 Å². The van der Waals surface area contributed by atoms with Crippen LogP contribution >= 0.6 is 35.3 Å². The molecule has 6 heteroatoms. The Labute approximate surface area is 142 Å². The van der Waals surface area contributed by atoms with Crippen molar-refractivity contribution in [3.63, 3.8) is 0 Å². The molecule has 1 fully saturated rings. The minimum Gasteiger partial charge on any atom is -0.356 e. The number of guanidine groups is 1. The largest absolute Gasteiger partial charge is 0.356 e. The van der Waals surface area contributed by atoms with Crippen molar-refractivity contribution in [2.45, 2.75) is 46.1 Å². The van der Waals surface area contributed by atoms with Gasteiger partial charge in [0.1, 0.15) is 0 Å². The van der Waals surface area contributed by atoms with Crippen LogP contribution in [0, 0.1) is 12.3 Å². The van der Waals surface area contributed by atoms with Crippen LogP contribution in [0.3, 0.4) is 0 Å². The Morgan fingerprint density at radius 1 is 1.45 bits per heavy atom. The summed E-state index contributed by atoms with van der Waals surface area (Å²) in [7, 11) is 1.83. The molecule has 0 amide bonds. The predicted molar refractivity (Wildman–Crippen MR) is 97.0 cm³/mol. The first-order chi connectivity index (χ1) is 9.17. The second kappa shape index (κ2) is 8.17. The quantitative estimate of drug-likeness (QED) is 0.447. The van der Waals surface area contributed by atoms with Gasteiger partial charge in [-0.25, -0.2) is 4.98 Å². The molecule has 1 aliphatic rings. The fraction of sp³-hybridized carbons (Fsp3) is 0.714. The fourth-order valence-corrected chi connectivity index (χ4v) is 3.22. The lowest BCUT2D eigenvalue weighted by Gasteiger charge is -2.41. The van der Waals surface area contributed by atoms with Crippen molar-refractivity contribution in [1.29, 1.82) is 0 Å². The Balaban J connectivity index is 0.00000200. The van der Waals surface area contributed by atoms with Gasteiger partial charge in [0.2, 0.25) is 0 Å². The van der Waals surface area contributed by atoms with Crippen LogP contribution < -0.4 is 10.6 Å². The van der Waals surface area contributed by atoms with Gasteiger partial charge < -0.3 is 10.6 Å². The van der Waals surface area contributed by atoms with Crippen LogP contribution in [0.5, 0.6) is 0 Å². The highest BCUT2D eigenvalue weighted by Gasteiger charge is 2.34. The zero-order chi connectivity index (χ0) is 13.7. The van der Waals surface area contributed by atoms with Crippen LogP contribution in [0.1, 0.15) is 42.5 Å². The van der Waals surface area contributed by atoms with E-state index < -0.39 is 0 Å². The van der Waals surface area contributed by atoms with Gasteiger partial charge in [-0.05, 0) is 31.6 Å². The molecule has 1 aliphatic carbocycles. The molecule has 0 bridgehead atoms. The molecule has 0 aromatic carbocycles. The molecular weight excluding hydrogens is 383 g/mol. The molecule has 0 radical (unpaired) electrons. The van der Waals surface area contributed by atoms with Crippen LogP contribution in [0.2, 0.25) is 0 Å². The Hall–Kier alpha value is -0.370. The molecule has 1 saturated carbocycles. The zero-order valence-corrected chi connectivity index (χ0v) is 15.7. The number of nitrogens with zero attached hydrogens (tertiary/aromatic N) is 2. The van der Waals surface area contributed by atoms with Crippen LogP contribution in [0.4, 0.5) is 0 Å². The smallest absolute Gasteiger partial charge is 0.191 e. The minimum atomic E-state index is 0. The molecule has 2 rings (SSSR count). The van der Waals surface area contributed by atoms with Crippen LogP contribution in [-0.4, -0.2) is 24.5 Å². The monoisotopic (exact) mass is 408 g/mol. The maximum absolute atomic E-state index is 4.28. The summed E-state index contributed by atoms with van der Waals surface area (Å²) in [5, 5.41) is 7.93. The topological polar surface area (TPSA) is 49.3 Å². The van der Waals surface area contributed by atoms with E-state index in [0.29, 0.717) is 5.41 Å². The van der Waals surface area contributed by atoms with E-state index in [2.05, 4.69) is 27.5 Å². The van der Waals surface area contributed by atoms with Crippen molar-refractivity contribution in [2.24, 2.45) is 10.4 Å². The third-order valence-corrected chi connectivity index (χ3v) is 5.03. The van der Waals surface area contributed by atoms with Crippen molar-refractivity contribution in [3.05, 3.63) is 16.1 Å². The van der Waals surface area contributed by atoms with Gasteiger partial charge in [0.25, 0.3) is 0 Å². The second-order valence-electron chi connectivity index (χ2n) is 5.33. The van der Waals surface area contributed by atoms with Crippen molar-refractivity contribution in [2.75, 3.05) is 13.6 Å². The predicted octanol–water partition coefficient (Wildman–Crippen LogP) is 3.31. The van der Waals surface area contributed by atoms with E-state index in [4.69, 9.17) is 0 Å². The molecular formula is C14H25IN4S. The van der Waals surface area contributed by atoms with Gasteiger partial charge in [-0.2, -0.15) is 0 Å². The molecule has 0 unspecified atom stereocenters. The number of aryl methyl sites for hydroxylation is 1. The number of halogens is 1. The van der Waals surface area contributed by atoms with Crippen molar-refractivity contribution in [3.8, 4) is 0 Å². The van der Waals surface area contributed by atoms with E-state index in [-0.39, 0.29) is 24.0 Å². The number of aliphatic imine (C=N–C) groups is 1. The summed E-state index contributed by atoms with van der Waals surface area (Å²) in [5.74, 6) is 0.894. The van der Waals surface area contributed by atoms with Crippen molar-refractivity contribution >= 4 is 41.3 Å². The van der Waals surface area contributed by atoms with Gasteiger partial charge in [-0.3, -0.25) is 4.99 Å². The van der Waals surface area contributed by atoms with Gasteiger partial charge in [-0.15, -0.1) is 35.3 Å². The summed E-state index contributed by atoms with van der Waals surface area (Å²) in [6, 6.07) is 0. The van der Waals surface area contributed by atoms with Crippen molar-refractivity contribution < 1.29 is 0 Å². The zero-order valence-electron chi connectivity index (χ0n) is 12.5. The first-order valence-corrected chi connectivity index (χ1v) is 7.85. The maximum Gasteiger partial charge on any atom is 0.191 e. The molecule has 1 heterocycles. The van der Waals surface area contributed by atoms with E-state index in [0.717, 1.165) is 24.1 Å². The highest BCUT2D eigenvalue weighted by Crippen LogP contribution is 2.42. The highest BCUT2D eigenvalue weighted by molar-refractivity contribution is 14.0. The minimum absolute atomic E-state index is 0. The number of thiazole rings is 1. The summed E-state index contributed by atoms with van der Waals surface area (Å²) < 4.78 is 0. The number of hydrogen-bond donors (Lipinski definition) is 2. The SMILES string of the molecule is CCC1(CNC(=NC)NCc2cnc(C)s2)CCC1.I. The average Bonchev–Trinajstić information content (AvgIpc) is 2.78. The summed E-state index contributed by atoms with van der Waals surface area (Å²) in [5.41, 5.74) is 0.513. The molecule has 0 atom stereocenters. The van der Waals surface area contributed by atoms with Gasteiger partial charge in [0, 0.05) is 24.7 Å². The fourth-order valence-electron chi connectivity index (χ4n) is 2.48. The lowest BCUT2D eigenvalue weighted by atomic mass is 9.67. The molecule has 0 spiro atoms. The molecule has 2 N–H and O–H groups in total. The molecule has 1 aromatic heterocycles. The standard InChI is InChI=1S/C14H24N4S.HI/c1-4-14(6-5-7-14)10-18-13(15-3)17-9-12-8-16-11(2)19-12;/h8H,4-7,9-10H2,1-3H3,(H2,15,17,18);1H. The summed E-state index contributed by atoms with van der Waals surface area (Å²) >= 11 is 1.73. The molecule has 4 nitrogen and oxygen atoms in total. The average molecular weight is 408 g/mol. The van der Waals surface area contributed by atoms with Crippen molar-refractivity contribution in [1.82, 2.24) is 15.6 Å². The first kappa shape index (κ1) is 17.7. The third-order valence-electron chi connectivity index (χ3n) is 4.12. The van der Waals surface area contributed by atoms with Gasteiger partial charge in [0.15, 0.2) is 5.96 Å². The Morgan fingerprint density at radius 2 is 2.20 bits per heavy atom. The lowest BCUT2D eigenvalue weighted by Crippen LogP contribution is -2.45. The lowest BCUT2D eigenvalue weighted by molar-refractivity contribution is 0.131. The number of hydrogen-bond acceptors (Lipinski definition) is 3. The number of aromatic nitrogens is 1. The summed E-state index contributed by atoms with van der Waals surface area (Å²) in [6.07, 6.45) is 7.26. The molecule has 0 saturated heterocycles. The third kappa shape index (κ3) is 4.58. The van der Waals surface area contributed by atoms with E-state index in [1.165, 1.54) is 30.6 Å². The van der Waals surface area contributed by atoms with Crippen LogP contribution in [0.15, 0.2) is 11.2 Å². The Kier molecular flexibility index (Phi) is 7.22. The Morgan fingerprint density at radius 3 is 2.65 bits per heavy atom.